The van der Waals surface area contributed by atoms with Crippen LogP contribution in [0.3, 0.4) is 0 Å². The second-order valence-corrected chi connectivity index (χ2v) is 9.06. The van der Waals surface area contributed by atoms with Gasteiger partial charge in [0.1, 0.15) is 5.75 Å². The van der Waals surface area contributed by atoms with Crippen LogP contribution < -0.4 is 14.8 Å². The minimum Gasteiger partial charge on any atom is -0.406 e. The molecule has 0 bridgehead atoms. The summed E-state index contributed by atoms with van der Waals surface area (Å²) in [6.07, 6.45) is -4.82. The molecule has 10 heteroatoms. The standard InChI is InChI=1S/C23H21F3N2O4S/c1-14-5-7-19(12-16(14)3)28-33(30,31)21-13-17(6-4-15(21)2)22(29)27-18-8-10-20(11-9-18)32-23(24,25)26/h4-13,28H,1-3H3,(H,27,29). The van der Waals surface area contributed by atoms with Crippen molar-refractivity contribution in [1.29, 1.82) is 0 Å². The first-order valence-electron chi connectivity index (χ1n) is 9.72. The molecule has 0 radical (unpaired) electrons. The zero-order valence-electron chi connectivity index (χ0n) is 17.9. The largest absolute Gasteiger partial charge is 0.573 e. The third-order valence-electron chi connectivity index (χ3n) is 4.84. The maximum absolute atomic E-state index is 13.0. The van der Waals surface area contributed by atoms with E-state index in [2.05, 4.69) is 14.8 Å². The van der Waals surface area contributed by atoms with Gasteiger partial charge >= 0.3 is 6.36 Å². The van der Waals surface area contributed by atoms with Gasteiger partial charge in [-0.15, -0.1) is 13.2 Å². The second-order valence-electron chi connectivity index (χ2n) is 7.41. The summed E-state index contributed by atoms with van der Waals surface area (Å²) in [5.41, 5.74) is 3.06. The fraction of sp³-hybridized carbons (Fsp3) is 0.174. The first kappa shape index (κ1) is 24.1. The normalized spacial score (nSPS) is 11.7. The number of rotatable bonds is 6. The molecule has 2 N–H and O–H groups in total. The molecule has 6 nitrogen and oxygen atoms in total. The summed E-state index contributed by atoms with van der Waals surface area (Å²) in [6.45, 7) is 5.39. The summed E-state index contributed by atoms with van der Waals surface area (Å²) in [6, 6.07) is 14.0. The monoisotopic (exact) mass is 478 g/mol. The lowest BCUT2D eigenvalue weighted by Crippen LogP contribution is -2.18. The van der Waals surface area contributed by atoms with E-state index in [1.807, 2.05) is 13.8 Å². The SMILES string of the molecule is Cc1ccc(NS(=O)(=O)c2cc(C(=O)Nc3ccc(OC(F)(F)F)cc3)ccc2C)cc1C. The number of hydrogen-bond acceptors (Lipinski definition) is 4. The number of nitrogens with one attached hydrogen (secondary N) is 2. The van der Waals surface area contributed by atoms with Crippen molar-refractivity contribution >= 4 is 27.3 Å². The molecule has 0 aromatic heterocycles. The van der Waals surface area contributed by atoms with E-state index in [-0.39, 0.29) is 16.1 Å². The molecule has 1 amide bonds. The van der Waals surface area contributed by atoms with Crippen LogP contribution in [0.5, 0.6) is 5.75 Å². The number of amides is 1. The van der Waals surface area contributed by atoms with Gasteiger partial charge in [0.25, 0.3) is 15.9 Å². The molecule has 3 aromatic rings. The molecule has 33 heavy (non-hydrogen) atoms. The number of alkyl halides is 3. The number of hydrogen-bond donors (Lipinski definition) is 2. The molecule has 0 aliphatic carbocycles. The number of aryl methyl sites for hydroxylation is 3. The van der Waals surface area contributed by atoms with Crippen LogP contribution in [0.1, 0.15) is 27.0 Å². The first-order valence-corrected chi connectivity index (χ1v) is 11.2. The van der Waals surface area contributed by atoms with Crippen LogP contribution in [0.25, 0.3) is 0 Å². The van der Waals surface area contributed by atoms with E-state index in [9.17, 15) is 26.4 Å². The molecule has 0 aliphatic rings. The number of carbonyl (C=O) groups is 1. The first-order chi connectivity index (χ1) is 15.3. The molecule has 0 atom stereocenters. The lowest BCUT2D eigenvalue weighted by atomic mass is 10.1. The summed E-state index contributed by atoms with van der Waals surface area (Å²) in [7, 11) is -3.98. The Balaban J connectivity index is 1.80. The highest BCUT2D eigenvalue weighted by atomic mass is 32.2. The molecule has 3 rings (SSSR count). The Morgan fingerprint density at radius 3 is 2.03 bits per heavy atom. The van der Waals surface area contributed by atoms with Crippen molar-refractivity contribution in [2.45, 2.75) is 32.0 Å². The summed E-state index contributed by atoms with van der Waals surface area (Å²) in [5, 5.41) is 2.52. The quantitative estimate of drug-likeness (QED) is 0.486. The number of halogens is 3. The summed E-state index contributed by atoms with van der Waals surface area (Å²) < 4.78 is 69.0. The molecule has 0 saturated carbocycles. The molecule has 0 unspecified atom stereocenters. The van der Waals surface area contributed by atoms with Gasteiger partial charge in [-0.3, -0.25) is 9.52 Å². The van der Waals surface area contributed by atoms with E-state index in [0.29, 0.717) is 11.3 Å². The Bertz CT molecular complexity index is 1290. The third kappa shape index (κ3) is 6.26. The number of sulfonamides is 1. The summed E-state index contributed by atoms with van der Waals surface area (Å²) in [5.74, 6) is -1.05. The Labute approximate surface area is 189 Å². The van der Waals surface area contributed by atoms with Crippen LogP contribution in [0.2, 0.25) is 0 Å². The fourth-order valence-electron chi connectivity index (χ4n) is 2.99. The van der Waals surface area contributed by atoms with Gasteiger partial charge in [-0.1, -0.05) is 12.1 Å². The van der Waals surface area contributed by atoms with Crippen LogP contribution >= 0.6 is 0 Å². The van der Waals surface area contributed by atoms with E-state index >= 15 is 0 Å². The fourth-order valence-corrected chi connectivity index (χ4v) is 4.31. The topological polar surface area (TPSA) is 84.5 Å². The van der Waals surface area contributed by atoms with Gasteiger partial charge in [-0.25, -0.2) is 8.42 Å². The molecule has 0 heterocycles. The Hall–Kier alpha value is -3.53. The predicted molar refractivity (Wildman–Crippen MR) is 119 cm³/mol. The van der Waals surface area contributed by atoms with Crippen LogP contribution in [-0.2, 0) is 10.0 Å². The van der Waals surface area contributed by atoms with Gasteiger partial charge in [-0.2, -0.15) is 0 Å². The van der Waals surface area contributed by atoms with Crippen molar-refractivity contribution in [1.82, 2.24) is 0 Å². The van der Waals surface area contributed by atoms with Gasteiger partial charge in [0.2, 0.25) is 0 Å². The van der Waals surface area contributed by atoms with E-state index in [4.69, 9.17) is 0 Å². The predicted octanol–water partition coefficient (Wildman–Crippen LogP) is 5.56. The van der Waals surface area contributed by atoms with E-state index in [0.717, 1.165) is 23.3 Å². The zero-order chi connectivity index (χ0) is 24.4. The average Bonchev–Trinajstić information content (AvgIpc) is 2.71. The smallest absolute Gasteiger partial charge is 0.406 e. The lowest BCUT2D eigenvalue weighted by molar-refractivity contribution is -0.274. The number of ether oxygens (including phenoxy) is 1. The van der Waals surface area contributed by atoms with E-state index in [1.165, 1.54) is 30.3 Å². The van der Waals surface area contributed by atoms with Crippen molar-refractivity contribution in [2.75, 3.05) is 10.0 Å². The molecule has 0 fully saturated rings. The van der Waals surface area contributed by atoms with E-state index in [1.54, 1.807) is 25.1 Å². The second kappa shape index (κ2) is 9.14. The molecular weight excluding hydrogens is 457 g/mol. The van der Waals surface area contributed by atoms with Crippen molar-refractivity contribution < 1.29 is 31.1 Å². The maximum atomic E-state index is 13.0. The van der Waals surface area contributed by atoms with Crippen LogP contribution in [0, 0.1) is 20.8 Å². The van der Waals surface area contributed by atoms with Crippen LogP contribution in [0.15, 0.2) is 65.6 Å². The summed E-state index contributed by atoms with van der Waals surface area (Å²) in [4.78, 5) is 12.6. The summed E-state index contributed by atoms with van der Waals surface area (Å²) >= 11 is 0. The zero-order valence-corrected chi connectivity index (χ0v) is 18.8. The third-order valence-corrected chi connectivity index (χ3v) is 6.37. The van der Waals surface area contributed by atoms with Gasteiger partial charge in [0.15, 0.2) is 0 Å². The Morgan fingerprint density at radius 2 is 1.42 bits per heavy atom. The van der Waals surface area contributed by atoms with Gasteiger partial charge < -0.3 is 10.1 Å². The highest BCUT2D eigenvalue weighted by Crippen LogP contribution is 2.25. The van der Waals surface area contributed by atoms with Gasteiger partial charge in [-0.05, 0) is 86.0 Å². The lowest BCUT2D eigenvalue weighted by Gasteiger charge is -2.13. The number of anilines is 2. The van der Waals surface area contributed by atoms with Crippen LogP contribution in [0.4, 0.5) is 24.5 Å². The highest BCUT2D eigenvalue weighted by molar-refractivity contribution is 7.92. The van der Waals surface area contributed by atoms with Crippen molar-refractivity contribution in [3.8, 4) is 5.75 Å². The van der Waals surface area contributed by atoms with Crippen LogP contribution in [-0.4, -0.2) is 20.7 Å². The number of carbonyl (C=O) groups excluding carboxylic acids is 1. The van der Waals surface area contributed by atoms with Crippen molar-refractivity contribution in [3.05, 3.63) is 82.9 Å². The number of benzene rings is 3. The molecular formula is C23H21F3N2O4S. The molecule has 3 aromatic carbocycles. The minimum atomic E-state index is -4.82. The maximum Gasteiger partial charge on any atom is 0.573 e. The van der Waals surface area contributed by atoms with Crippen molar-refractivity contribution in [2.24, 2.45) is 0 Å². The molecule has 0 spiro atoms. The average molecular weight is 478 g/mol. The van der Waals surface area contributed by atoms with Crippen molar-refractivity contribution in [3.63, 3.8) is 0 Å². The molecule has 0 saturated heterocycles. The molecule has 174 valence electrons. The van der Waals surface area contributed by atoms with Gasteiger partial charge in [0, 0.05) is 16.9 Å². The van der Waals surface area contributed by atoms with Gasteiger partial charge in [0.05, 0.1) is 4.90 Å². The Kier molecular flexibility index (Phi) is 6.68. The minimum absolute atomic E-state index is 0.0664. The Morgan fingerprint density at radius 1 is 0.818 bits per heavy atom. The van der Waals surface area contributed by atoms with E-state index < -0.39 is 28.0 Å². The highest BCUT2D eigenvalue weighted by Gasteiger charge is 2.31. The molecule has 0 aliphatic heterocycles.